The average molecular weight is 276 g/mol. The summed E-state index contributed by atoms with van der Waals surface area (Å²) in [4.78, 5) is 0. The Kier molecular flexibility index (Phi) is 4.88. The molecular weight excluding hydrogens is 252 g/mol. The van der Waals surface area contributed by atoms with Gasteiger partial charge in [-0.15, -0.1) is 0 Å². The molecule has 0 spiro atoms. The summed E-state index contributed by atoms with van der Waals surface area (Å²) in [5, 5.41) is 7.46. The van der Waals surface area contributed by atoms with E-state index in [1.807, 2.05) is 6.07 Å². The molecular formula is C16H24N2O2. The third-order valence-corrected chi connectivity index (χ3v) is 4.08. The van der Waals surface area contributed by atoms with Gasteiger partial charge in [0.1, 0.15) is 5.84 Å². The van der Waals surface area contributed by atoms with Crippen molar-refractivity contribution in [3.63, 3.8) is 0 Å². The fourth-order valence-electron chi connectivity index (χ4n) is 2.83. The first-order valence-corrected chi connectivity index (χ1v) is 7.33. The number of amidine groups is 1. The highest BCUT2D eigenvalue weighted by Gasteiger charge is 2.23. The van der Waals surface area contributed by atoms with Crippen LogP contribution in [-0.2, 0) is 0 Å². The molecule has 1 aliphatic rings. The Morgan fingerprint density at radius 3 is 2.80 bits per heavy atom. The van der Waals surface area contributed by atoms with Crippen LogP contribution in [-0.4, -0.2) is 19.0 Å². The van der Waals surface area contributed by atoms with Crippen LogP contribution in [0.1, 0.15) is 44.6 Å². The lowest BCUT2D eigenvalue weighted by Gasteiger charge is -2.29. The zero-order valence-corrected chi connectivity index (χ0v) is 12.3. The van der Waals surface area contributed by atoms with E-state index in [9.17, 15) is 0 Å². The second kappa shape index (κ2) is 6.64. The van der Waals surface area contributed by atoms with E-state index in [0.29, 0.717) is 11.3 Å². The molecule has 2 unspecified atom stereocenters. The lowest BCUT2D eigenvalue weighted by molar-refractivity contribution is 0.118. The van der Waals surface area contributed by atoms with Gasteiger partial charge in [-0.25, -0.2) is 0 Å². The number of rotatable bonds is 5. The highest BCUT2D eigenvalue weighted by molar-refractivity contribution is 5.95. The Hall–Kier alpha value is -1.71. The van der Waals surface area contributed by atoms with E-state index in [4.69, 9.17) is 20.6 Å². The van der Waals surface area contributed by atoms with E-state index in [1.165, 1.54) is 19.3 Å². The molecule has 1 saturated carbocycles. The normalized spacial score (nSPS) is 22.3. The molecule has 0 aliphatic heterocycles. The van der Waals surface area contributed by atoms with Gasteiger partial charge in [-0.2, -0.15) is 0 Å². The Morgan fingerprint density at radius 1 is 1.35 bits per heavy atom. The van der Waals surface area contributed by atoms with Gasteiger partial charge in [0.15, 0.2) is 11.5 Å². The van der Waals surface area contributed by atoms with Gasteiger partial charge in [-0.1, -0.05) is 19.8 Å². The number of nitrogen functional groups attached to an aromatic ring is 1. The van der Waals surface area contributed by atoms with Crippen LogP contribution in [0.3, 0.4) is 0 Å². The molecule has 0 radical (unpaired) electrons. The molecule has 4 heteroatoms. The molecule has 1 aromatic carbocycles. The lowest BCUT2D eigenvalue weighted by atomic mass is 9.85. The molecule has 0 aromatic heterocycles. The summed E-state index contributed by atoms with van der Waals surface area (Å²) in [5.74, 6) is 2.21. The van der Waals surface area contributed by atoms with Crippen LogP contribution < -0.4 is 15.2 Å². The third-order valence-electron chi connectivity index (χ3n) is 4.08. The molecule has 20 heavy (non-hydrogen) atoms. The Labute approximate surface area is 120 Å². The van der Waals surface area contributed by atoms with Gasteiger partial charge < -0.3 is 15.2 Å². The lowest BCUT2D eigenvalue weighted by Crippen LogP contribution is -2.25. The quantitative estimate of drug-likeness (QED) is 0.640. The molecule has 0 heterocycles. The first-order chi connectivity index (χ1) is 9.63. The fourth-order valence-corrected chi connectivity index (χ4v) is 2.83. The average Bonchev–Trinajstić information content (AvgIpc) is 2.47. The summed E-state index contributed by atoms with van der Waals surface area (Å²) in [7, 11) is 1.61. The monoisotopic (exact) mass is 276 g/mol. The Morgan fingerprint density at radius 2 is 2.15 bits per heavy atom. The summed E-state index contributed by atoms with van der Waals surface area (Å²) < 4.78 is 11.5. The van der Waals surface area contributed by atoms with Gasteiger partial charge in [0, 0.05) is 5.56 Å². The van der Waals surface area contributed by atoms with E-state index in [2.05, 4.69) is 6.92 Å². The topological polar surface area (TPSA) is 68.3 Å². The Bertz CT molecular complexity index is 474. The molecule has 0 amide bonds. The third kappa shape index (κ3) is 3.44. The first kappa shape index (κ1) is 14.7. The Balaban J connectivity index is 2.10. The SMILES string of the molecule is CCC1CCCC(Oc2ccc(C(=N)N)cc2OC)C1. The van der Waals surface area contributed by atoms with Crippen LogP contribution in [0.5, 0.6) is 11.5 Å². The van der Waals surface area contributed by atoms with E-state index in [-0.39, 0.29) is 11.9 Å². The molecule has 1 aliphatic carbocycles. The highest BCUT2D eigenvalue weighted by Crippen LogP contribution is 2.34. The number of methoxy groups -OCH3 is 1. The van der Waals surface area contributed by atoms with Gasteiger partial charge in [0.05, 0.1) is 13.2 Å². The molecule has 1 aromatic rings. The fraction of sp³-hybridized carbons (Fsp3) is 0.562. The number of ether oxygens (including phenoxy) is 2. The predicted octanol–water partition coefficient (Wildman–Crippen LogP) is 3.33. The second-order valence-electron chi connectivity index (χ2n) is 5.46. The molecule has 0 saturated heterocycles. The van der Waals surface area contributed by atoms with Gasteiger partial charge in [-0.05, 0) is 43.4 Å². The van der Waals surface area contributed by atoms with Gasteiger partial charge >= 0.3 is 0 Å². The maximum atomic E-state index is 7.46. The second-order valence-corrected chi connectivity index (χ2v) is 5.46. The highest BCUT2D eigenvalue weighted by atomic mass is 16.5. The first-order valence-electron chi connectivity index (χ1n) is 7.33. The minimum atomic E-state index is 0.0403. The van der Waals surface area contributed by atoms with E-state index >= 15 is 0 Å². The summed E-state index contributed by atoms with van der Waals surface area (Å²) in [5.41, 5.74) is 6.15. The molecule has 1 fully saturated rings. The zero-order valence-electron chi connectivity index (χ0n) is 12.3. The number of nitrogens with one attached hydrogen (secondary N) is 1. The van der Waals surface area contributed by atoms with Crippen molar-refractivity contribution in [2.24, 2.45) is 11.7 Å². The number of benzene rings is 1. The van der Waals surface area contributed by atoms with Crippen molar-refractivity contribution < 1.29 is 9.47 Å². The molecule has 4 nitrogen and oxygen atoms in total. The van der Waals surface area contributed by atoms with Gasteiger partial charge in [-0.3, -0.25) is 5.41 Å². The van der Waals surface area contributed by atoms with E-state index in [0.717, 1.165) is 24.5 Å². The number of hydrogen-bond donors (Lipinski definition) is 2. The van der Waals surface area contributed by atoms with Crippen molar-refractivity contribution in [3.05, 3.63) is 23.8 Å². The summed E-state index contributed by atoms with van der Waals surface area (Å²) in [6, 6.07) is 5.42. The van der Waals surface area contributed by atoms with Crippen molar-refractivity contribution in [2.75, 3.05) is 7.11 Å². The summed E-state index contributed by atoms with van der Waals surface area (Å²) in [6.45, 7) is 2.25. The van der Waals surface area contributed by atoms with Crippen LogP contribution in [0, 0.1) is 11.3 Å². The molecule has 2 atom stereocenters. The van der Waals surface area contributed by atoms with E-state index < -0.39 is 0 Å². The standard InChI is InChI=1S/C16H24N2O2/c1-3-11-5-4-6-13(9-11)20-14-8-7-12(16(17)18)10-15(14)19-2/h7-8,10-11,13H,3-6,9H2,1-2H3,(H3,17,18). The van der Waals surface area contributed by atoms with Gasteiger partial charge in [0.25, 0.3) is 0 Å². The van der Waals surface area contributed by atoms with Crippen LogP contribution in [0.25, 0.3) is 0 Å². The van der Waals surface area contributed by atoms with Crippen molar-refractivity contribution in [1.29, 1.82) is 5.41 Å². The number of hydrogen-bond acceptors (Lipinski definition) is 3. The van der Waals surface area contributed by atoms with E-state index in [1.54, 1.807) is 19.2 Å². The minimum Gasteiger partial charge on any atom is -0.493 e. The maximum Gasteiger partial charge on any atom is 0.161 e. The molecule has 0 bridgehead atoms. The molecule has 2 rings (SSSR count). The number of nitrogens with two attached hydrogens (primary N) is 1. The molecule has 3 N–H and O–H groups in total. The predicted molar refractivity (Wildman–Crippen MR) is 80.7 cm³/mol. The van der Waals surface area contributed by atoms with Crippen LogP contribution in [0.4, 0.5) is 0 Å². The summed E-state index contributed by atoms with van der Waals surface area (Å²) >= 11 is 0. The smallest absolute Gasteiger partial charge is 0.161 e. The van der Waals surface area contributed by atoms with Crippen LogP contribution >= 0.6 is 0 Å². The van der Waals surface area contributed by atoms with Crippen molar-refractivity contribution in [3.8, 4) is 11.5 Å². The largest absolute Gasteiger partial charge is 0.493 e. The van der Waals surface area contributed by atoms with Crippen molar-refractivity contribution in [1.82, 2.24) is 0 Å². The van der Waals surface area contributed by atoms with Crippen LogP contribution in [0.2, 0.25) is 0 Å². The minimum absolute atomic E-state index is 0.0403. The zero-order chi connectivity index (χ0) is 14.5. The van der Waals surface area contributed by atoms with Crippen molar-refractivity contribution in [2.45, 2.75) is 45.1 Å². The summed E-state index contributed by atoms with van der Waals surface area (Å²) in [6.07, 6.45) is 6.27. The van der Waals surface area contributed by atoms with Crippen LogP contribution in [0.15, 0.2) is 18.2 Å². The van der Waals surface area contributed by atoms with Gasteiger partial charge in [0.2, 0.25) is 0 Å². The maximum absolute atomic E-state index is 7.46. The molecule has 110 valence electrons. The van der Waals surface area contributed by atoms with Crippen molar-refractivity contribution >= 4 is 5.84 Å².